The van der Waals surface area contributed by atoms with Crippen LogP contribution in [0.15, 0.2) is 24.3 Å². The maximum absolute atomic E-state index is 11.0. The van der Waals surface area contributed by atoms with Crippen LogP contribution in [0, 0.1) is 12.8 Å². The third-order valence-electron chi connectivity index (χ3n) is 3.83. The number of aliphatic carboxylic acids is 1. The second kappa shape index (κ2) is 5.35. The first-order valence-electron chi connectivity index (χ1n) is 6.46. The molecule has 2 unspecified atom stereocenters. The van der Waals surface area contributed by atoms with E-state index in [1.807, 2.05) is 0 Å². The first kappa shape index (κ1) is 12.2. The molecule has 1 fully saturated rings. The highest BCUT2D eigenvalue weighted by atomic mass is 16.4. The van der Waals surface area contributed by atoms with E-state index in [2.05, 4.69) is 31.2 Å². The Morgan fingerprint density at radius 1 is 1.24 bits per heavy atom. The van der Waals surface area contributed by atoms with Crippen molar-refractivity contribution >= 4 is 5.97 Å². The van der Waals surface area contributed by atoms with Gasteiger partial charge in [-0.25, -0.2) is 0 Å². The van der Waals surface area contributed by atoms with Crippen LogP contribution in [-0.4, -0.2) is 11.1 Å². The normalized spacial score (nSPS) is 25.2. The minimum atomic E-state index is -0.616. The maximum atomic E-state index is 11.0. The van der Waals surface area contributed by atoms with Crippen molar-refractivity contribution in [2.45, 2.75) is 44.9 Å². The number of hydrogen-bond donors (Lipinski definition) is 1. The summed E-state index contributed by atoms with van der Waals surface area (Å²) in [5, 5.41) is 9.06. The fraction of sp³-hybridized carbons (Fsp3) is 0.533. The Kier molecular flexibility index (Phi) is 3.82. The van der Waals surface area contributed by atoms with E-state index in [4.69, 9.17) is 5.11 Å². The van der Waals surface area contributed by atoms with Crippen molar-refractivity contribution in [3.63, 3.8) is 0 Å². The summed E-state index contributed by atoms with van der Waals surface area (Å²) >= 11 is 0. The van der Waals surface area contributed by atoms with Crippen molar-refractivity contribution in [3.05, 3.63) is 35.4 Å². The maximum Gasteiger partial charge on any atom is 0.306 e. The minimum absolute atomic E-state index is 0.121. The fourth-order valence-electron chi connectivity index (χ4n) is 2.81. The van der Waals surface area contributed by atoms with Crippen molar-refractivity contribution < 1.29 is 9.90 Å². The monoisotopic (exact) mass is 232 g/mol. The molecule has 1 aliphatic rings. The molecule has 92 valence electrons. The Balaban J connectivity index is 2.06. The van der Waals surface area contributed by atoms with Crippen LogP contribution in [0.2, 0.25) is 0 Å². The zero-order valence-electron chi connectivity index (χ0n) is 10.4. The molecule has 1 N–H and O–H groups in total. The molecule has 2 atom stereocenters. The van der Waals surface area contributed by atoms with Gasteiger partial charge in [0.15, 0.2) is 0 Å². The van der Waals surface area contributed by atoms with Gasteiger partial charge in [-0.15, -0.1) is 0 Å². The van der Waals surface area contributed by atoms with Crippen LogP contribution in [0.25, 0.3) is 0 Å². The number of benzene rings is 1. The summed E-state index contributed by atoms with van der Waals surface area (Å²) in [5.41, 5.74) is 2.68. The second-order valence-electron chi connectivity index (χ2n) is 5.15. The first-order chi connectivity index (χ1) is 8.16. The van der Waals surface area contributed by atoms with Crippen LogP contribution < -0.4 is 0 Å². The molecule has 17 heavy (non-hydrogen) atoms. The molecule has 2 rings (SSSR count). The molecule has 1 aromatic carbocycles. The molecule has 2 heteroatoms. The van der Waals surface area contributed by atoms with Crippen molar-refractivity contribution in [2.75, 3.05) is 0 Å². The van der Waals surface area contributed by atoms with Gasteiger partial charge < -0.3 is 5.11 Å². The van der Waals surface area contributed by atoms with Crippen LogP contribution in [-0.2, 0) is 4.79 Å². The van der Waals surface area contributed by atoms with Gasteiger partial charge in [0.25, 0.3) is 0 Å². The van der Waals surface area contributed by atoms with E-state index in [1.165, 1.54) is 11.1 Å². The van der Waals surface area contributed by atoms with Crippen LogP contribution in [0.4, 0.5) is 0 Å². The number of carboxylic acid groups (broad SMARTS) is 1. The van der Waals surface area contributed by atoms with E-state index < -0.39 is 5.97 Å². The van der Waals surface area contributed by atoms with E-state index in [9.17, 15) is 4.79 Å². The molecule has 0 aliphatic heterocycles. The van der Waals surface area contributed by atoms with E-state index in [-0.39, 0.29) is 5.92 Å². The Morgan fingerprint density at radius 2 is 2.06 bits per heavy atom. The molecular formula is C15H20O2. The highest BCUT2D eigenvalue weighted by molar-refractivity contribution is 5.69. The fourth-order valence-corrected chi connectivity index (χ4v) is 2.81. The largest absolute Gasteiger partial charge is 0.481 e. The molecule has 1 aromatic rings. The minimum Gasteiger partial charge on any atom is -0.481 e. The Bertz CT molecular complexity index is 398. The Morgan fingerprint density at radius 3 is 2.76 bits per heavy atom. The van der Waals surface area contributed by atoms with Crippen molar-refractivity contribution in [2.24, 2.45) is 5.92 Å². The van der Waals surface area contributed by atoms with E-state index in [0.29, 0.717) is 5.92 Å². The van der Waals surface area contributed by atoms with E-state index in [0.717, 1.165) is 32.1 Å². The third-order valence-corrected chi connectivity index (χ3v) is 3.83. The lowest BCUT2D eigenvalue weighted by Crippen LogP contribution is -2.12. The smallest absolute Gasteiger partial charge is 0.306 e. The third kappa shape index (κ3) is 3.09. The van der Waals surface area contributed by atoms with Gasteiger partial charge in [-0.1, -0.05) is 36.2 Å². The highest BCUT2D eigenvalue weighted by Gasteiger charge is 2.24. The van der Waals surface area contributed by atoms with Crippen LogP contribution in [0.5, 0.6) is 0 Å². The van der Waals surface area contributed by atoms with E-state index in [1.54, 1.807) is 0 Å². The van der Waals surface area contributed by atoms with Crippen molar-refractivity contribution in [1.29, 1.82) is 0 Å². The SMILES string of the molecule is Cc1cccc(C2CCCC(C(=O)O)CC2)c1. The number of carbonyl (C=O) groups is 1. The lowest BCUT2D eigenvalue weighted by Gasteiger charge is -2.15. The molecule has 0 aromatic heterocycles. The predicted molar refractivity (Wildman–Crippen MR) is 68.1 cm³/mol. The molecule has 0 amide bonds. The van der Waals surface area contributed by atoms with Crippen LogP contribution >= 0.6 is 0 Å². The number of hydrogen-bond acceptors (Lipinski definition) is 1. The zero-order valence-corrected chi connectivity index (χ0v) is 10.4. The summed E-state index contributed by atoms with van der Waals surface area (Å²) in [5.74, 6) is -0.182. The molecule has 0 saturated heterocycles. The summed E-state index contributed by atoms with van der Waals surface area (Å²) in [7, 11) is 0. The average Bonchev–Trinajstić information content (AvgIpc) is 2.54. The van der Waals surface area contributed by atoms with Gasteiger partial charge in [0, 0.05) is 0 Å². The van der Waals surface area contributed by atoms with Crippen molar-refractivity contribution in [1.82, 2.24) is 0 Å². The van der Waals surface area contributed by atoms with Crippen molar-refractivity contribution in [3.8, 4) is 0 Å². The average molecular weight is 232 g/mol. The summed E-state index contributed by atoms with van der Waals surface area (Å²) in [6.07, 6.45) is 4.86. The van der Waals surface area contributed by atoms with Gasteiger partial charge in [0.1, 0.15) is 0 Å². The van der Waals surface area contributed by atoms with Crippen LogP contribution in [0.3, 0.4) is 0 Å². The highest BCUT2D eigenvalue weighted by Crippen LogP contribution is 2.34. The topological polar surface area (TPSA) is 37.3 Å². The lowest BCUT2D eigenvalue weighted by atomic mass is 9.90. The summed E-state index contributed by atoms with van der Waals surface area (Å²) in [6.45, 7) is 2.11. The predicted octanol–water partition coefficient (Wildman–Crippen LogP) is 3.74. The van der Waals surface area contributed by atoms with E-state index >= 15 is 0 Å². The number of rotatable bonds is 2. The Hall–Kier alpha value is -1.31. The van der Waals surface area contributed by atoms with Gasteiger partial charge >= 0.3 is 5.97 Å². The standard InChI is InChI=1S/C15H20O2/c1-11-4-2-7-14(10-11)12-5-3-6-13(9-8-12)15(16)17/h2,4,7,10,12-13H,3,5-6,8-9H2,1H3,(H,16,17). The number of carboxylic acids is 1. The molecule has 2 nitrogen and oxygen atoms in total. The summed E-state index contributed by atoms with van der Waals surface area (Å²) in [6, 6.07) is 8.63. The zero-order chi connectivity index (χ0) is 12.3. The molecule has 0 radical (unpaired) electrons. The van der Waals surface area contributed by atoms with Gasteiger partial charge in [0.2, 0.25) is 0 Å². The van der Waals surface area contributed by atoms with Gasteiger partial charge in [-0.2, -0.15) is 0 Å². The summed E-state index contributed by atoms with van der Waals surface area (Å²) < 4.78 is 0. The van der Waals surface area contributed by atoms with Gasteiger partial charge in [-0.3, -0.25) is 4.79 Å². The van der Waals surface area contributed by atoms with Gasteiger partial charge in [-0.05, 0) is 44.1 Å². The molecule has 1 saturated carbocycles. The van der Waals surface area contributed by atoms with Gasteiger partial charge in [0.05, 0.1) is 5.92 Å². The molecule has 0 spiro atoms. The molecule has 0 heterocycles. The Labute approximate surface area is 103 Å². The van der Waals surface area contributed by atoms with Crippen LogP contribution in [0.1, 0.15) is 49.1 Å². The second-order valence-corrected chi connectivity index (χ2v) is 5.15. The first-order valence-corrected chi connectivity index (χ1v) is 6.46. The molecule has 1 aliphatic carbocycles. The summed E-state index contributed by atoms with van der Waals surface area (Å²) in [4.78, 5) is 11.0. The quantitative estimate of drug-likeness (QED) is 0.789. The molecule has 0 bridgehead atoms. The number of aryl methyl sites for hydroxylation is 1. The lowest BCUT2D eigenvalue weighted by molar-refractivity contribution is -0.142. The molecular weight excluding hydrogens is 212 g/mol.